The molecule has 1 amide bonds. The van der Waals surface area contributed by atoms with Gasteiger partial charge in [-0.2, -0.15) is 16.3 Å². The van der Waals surface area contributed by atoms with Gasteiger partial charge in [-0.15, -0.1) is 0 Å². The van der Waals surface area contributed by atoms with Crippen molar-refractivity contribution in [1.82, 2.24) is 15.1 Å². The summed E-state index contributed by atoms with van der Waals surface area (Å²) in [5.74, 6) is 1.36. The van der Waals surface area contributed by atoms with Crippen molar-refractivity contribution in [2.75, 3.05) is 5.32 Å². The molecule has 1 N–H and O–H groups in total. The number of nitrogens with zero attached hydrogens (tertiary/aromatic N) is 3. The smallest absolute Gasteiger partial charge is 0.227 e. The van der Waals surface area contributed by atoms with Gasteiger partial charge in [0.25, 0.3) is 0 Å². The Labute approximate surface area is 138 Å². The molecule has 22 heavy (non-hydrogen) atoms. The van der Waals surface area contributed by atoms with Gasteiger partial charge < -0.3 is 9.84 Å². The molecule has 6 nitrogen and oxygen atoms in total. The Kier molecular flexibility index (Phi) is 4.59. The Morgan fingerprint density at radius 1 is 1.36 bits per heavy atom. The second-order valence-corrected chi connectivity index (χ2v) is 6.13. The van der Waals surface area contributed by atoms with E-state index in [4.69, 9.17) is 4.52 Å². The Balaban J connectivity index is 1.54. The predicted octanol–water partition coefficient (Wildman–Crippen LogP) is 3.53. The minimum atomic E-state index is -0.148. The van der Waals surface area contributed by atoms with Gasteiger partial charge in [-0.3, -0.25) is 4.79 Å². The molecule has 3 rings (SSSR count). The molecule has 0 saturated carbocycles. The molecule has 0 unspecified atom stereocenters. The zero-order valence-electron chi connectivity index (χ0n) is 11.3. The molecule has 0 radical (unpaired) electrons. The largest absolute Gasteiger partial charge is 0.339 e. The number of aryl methyl sites for hydroxylation is 1. The maximum Gasteiger partial charge on any atom is 0.227 e. The Morgan fingerprint density at radius 3 is 3.00 bits per heavy atom. The van der Waals surface area contributed by atoms with E-state index in [1.54, 1.807) is 23.6 Å². The molecular formula is C14H11BrN4O2S. The third kappa shape index (κ3) is 3.77. The minimum absolute atomic E-state index is 0.148. The Hall–Kier alpha value is -2.06. The summed E-state index contributed by atoms with van der Waals surface area (Å²) < 4.78 is 6.01. The molecule has 3 heterocycles. The van der Waals surface area contributed by atoms with Crippen LogP contribution in [-0.2, 0) is 11.2 Å². The van der Waals surface area contributed by atoms with Gasteiger partial charge in [0.05, 0.1) is 0 Å². The highest BCUT2D eigenvalue weighted by atomic mass is 79.9. The van der Waals surface area contributed by atoms with Crippen molar-refractivity contribution in [2.45, 2.75) is 12.8 Å². The zero-order valence-corrected chi connectivity index (χ0v) is 13.7. The summed E-state index contributed by atoms with van der Waals surface area (Å²) in [4.78, 5) is 20.2. The monoisotopic (exact) mass is 378 g/mol. The first-order valence-electron chi connectivity index (χ1n) is 6.47. The van der Waals surface area contributed by atoms with Gasteiger partial charge >= 0.3 is 0 Å². The molecule has 112 valence electrons. The molecule has 0 bridgehead atoms. The number of thiophene rings is 1. The lowest BCUT2D eigenvalue weighted by Crippen LogP contribution is -2.13. The fourth-order valence-electron chi connectivity index (χ4n) is 1.74. The number of amides is 1. The summed E-state index contributed by atoms with van der Waals surface area (Å²) in [6.45, 7) is 0. The number of carbonyl (C=O) groups is 1. The number of carbonyl (C=O) groups excluding carboxylic acids is 1. The lowest BCUT2D eigenvalue weighted by Gasteiger charge is -2.02. The van der Waals surface area contributed by atoms with Crippen LogP contribution in [0.25, 0.3) is 11.4 Å². The number of halogens is 1. The topological polar surface area (TPSA) is 80.9 Å². The quantitative estimate of drug-likeness (QED) is 0.734. The van der Waals surface area contributed by atoms with Gasteiger partial charge in [0, 0.05) is 34.5 Å². The van der Waals surface area contributed by atoms with Crippen molar-refractivity contribution in [1.29, 1.82) is 0 Å². The minimum Gasteiger partial charge on any atom is -0.339 e. The van der Waals surface area contributed by atoms with Crippen molar-refractivity contribution in [3.8, 4) is 11.4 Å². The highest BCUT2D eigenvalue weighted by Crippen LogP contribution is 2.19. The summed E-state index contributed by atoms with van der Waals surface area (Å²) in [6, 6.07) is 5.46. The first-order chi connectivity index (χ1) is 10.7. The molecular weight excluding hydrogens is 368 g/mol. The standard InChI is InChI=1S/C14H11BrN4O2S/c15-10-1-2-11(16-7-10)17-12(20)3-4-13-18-14(19-21-13)9-5-6-22-8-9/h1-2,5-8H,3-4H2,(H,16,17,20). The van der Waals surface area contributed by atoms with Crippen molar-refractivity contribution in [2.24, 2.45) is 0 Å². The van der Waals surface area contributed by atoms with E-state index in [2.05, 4.69) is 36.4 Å². The van der Waals surface area contributed by atoms with E-state index in [1.807, 2.05) is 22.9 Å². The first kappa shape index (κ1) is 14.9. The van der Waals surface area contributed by atoms with Crippen LogP contribution in [0.3, 0.4) is 0 Å². The summed E-state index contributed by atoms with van der Waals surface area (Å²) in [5.41, 5.74) is 0.920. The first-order valence-corrected chi connectivity index (χ1v) is 8.21. The van der Waals surface area contributed by atoms with Crippen molar-refractivity contribution in [3.63, 3.8) is 0 Å². The normalized spacial score (nSPS) is 10.6. The molecule has 0 aromatic carbocycles. The van der Waals surface area contributed by atoms with Crippen LogP contribution in [0, 0.1) is 0 Å². The van der Waals surface area contributed by atoms with Crippen LogP contribution >= 0.6 is 27.3 Å². The van der Waals surface area contributed by atoms with Crippen LogP contribution in [0.2, 0.25) is 0 Å². The lowest BCUT2D eigenvalue weighted by molar-refractivity contribution is -0.116. The van der Waals surface area contributed by atoms with Crippen molar-refractivity contribution < 1.29 is 9.32 Å². The maximum absolute atomic E-state index is 11.9. The molecule has 3 aromatic rings. The molecule has 0 aliphatic carbocycles. The molecule has 0 fully saturated rings. The summed E-state index contributed by atoms with van der Waals surface area (Å²) in [5, 5.41) is 10.5. The Morgan fingerprint density at radius 2 is 2.27 bits per heavy atom. The fraction of sp³-hybridized carbons (Fsp3) is 0.143. The van der Waals surface area contributed by atoms with Gasteiger partial charge in [-0.05, 0) is 39.5 Å². The van der Waals surface area contributed by atoms with E-state index in [-0.39, 0.29) is 12.3 Å². The van der Waals surface area contributed by atoms with E-state index >= 15 is 0 Å². The second-order valence-electron chi connectivity index (χ2n) is 4.43. The van der Waals surface area contributed by atoms with E-state index < -0.39 is 0 Å². The predicted molar refractivity (Wildman–Crippen MR) is 86.5 cm³/mol. The van der Waals surface area contributed by atoms with Gasteiger partial charge in [0.15, 0.2) is 0 Å². The molecule has 0 aliphatic heterocycles. The average molecular weight is 379 g/mol. The third-order valence-electron chi connectivity index (χ3n) is 2.81. The highest BCUT2D eigenvalue weighted by Gasteiger charge is 2.11. The maximum atomic E-state index is 11.9. The van der Waals surface area contributed by atoms with Gasteiger partial charge in [-0.1, -0.05) is 5.16 Å². The fourth-order valence-corrected chi connectivity index (χ4v) is 2.61. The Bertz CT molecular complexity index is 756. The van der Waals surface area contributed by atoms with Crippen LogP contribution in [-0.4, -0.2) is 21.0 Å². The van der Waals surface area contributed by atoms with Gasteiger partial charge in [-0.25, -0.2) is 4.98 Å². The molecule has 0 spiro atoms. The van der Waals surface area contributed by atoms with Crippen LogP contribution in [0.15, 0.2) is 44.2 Å². The van der Waals surface area contributed by atoms with Crippen molar-refractivity contribution >= 4 is 39.0 Å². The number of anilines is 1. The number of pyridine rings is 1. The van der Waals surface area contributed by atoms with Crippen LogP contribution < -0.4 is 5.32 Å². The van der Waals surface area contributed by atoms with E-state index in [9.17, 15) is 4.79 Å². The average Bonchev–Trinajstić information content (AvgIpc) is 3.18. The zero-order chi connectivity index (χ0) is 15.4. The third-order valence-corrected chi connectivity index (χ3v) is 3.96. The summed E-state index contributed by atoms with van der Waals surface area (Å²) in [6.07, 6.45) is 2.27. The molecule has 0 atom stereocenters. The second kappa shape index (κ2) is 6.80. The number of rotatable bonds is 5. The van der Waals surface area contributed by atoms with Crippen LogP contribution in [0.4, 0.5) is 5.82 Å². The SMILES string of the molecule is O=C(CCc1nc(-c2ccsc2)no1)Nc1ccc(Br)cn1. The van der Waals surface area contributed by atoms with Crippen LogP contribution in [0.1, 0.15) is 12.3 Å². The summed E-state index contributed by atoms with van der Waals surface area (Å²) >= 11 is 4.86. The molecule has 8 heteroatoms. The number of hydrogen-bond donors (Lipinski definition) is 1. The number of hydrogen-bond acceptors (Lipinski definition) is 6. The van der Waals surface area contributed by atoms with E-state index in [1.165, 1.54) is 0 Å². The van der Waals surface area contributed by atoms with E-state index in [0.29, 0.717) is 24.0 Å². The van der Waals surface area contributed by atoms with Crippen molar-refractivity contribution in [3.05, 3.63) is 45.5 Å². The molecule has 0 saturated heterocycles. The molecule has 3 aromatic heterocycles. The summed E-state index contributed by atoms with van der Waals surface area (Å²) in [7, 11) is 0. The van der Waals surface area contributed by atoms with E-state index in [0.717, 1.165) is 10.0 Å². The molecule has 0 aliphatic rings. The highest BCUT2D eigenvalue weighted by molar-refractivity contribution is 9.10. The number of nitrogens with one attached hydrogen (secondary N) is 1. The van der Waals surface area contributed by atoms with Crippen LogP contribution in [0.5, 0.6) is 0 Å². The van der Waals surface area contributed by atoms with Gasteiger partial charge in [0.1, 0.15) is 5.82 Å². The lowest BCUT2D eigenvalue weighted by atomic mass is 10.3. The van der Waals surface area contributed by atoms with Gasteiger partial charge in [0.2, 0.25) is 17.6 Å². The number of aromatic nitrogens is 3.